The number of fused-ring (bicyclic) bond motifs is 1. The van der Waals surface area contributed by atoms with Crippen LogP contribution in [0.25, 0.3) is 0 Å². The smallest absolute Gasteiger partial charge is 0.231 e. The molecule has 0 spiro atoms. The molecule has 0 N–H and O–H groups in total. The number of nitrogens with zero attached hydrogens (tertiary/aromatic N) is 2. The van der Waals surface area contributed by atoms with Crippen LogP contribution in [0.2, 0.25) is 0 Å². The van der Waals surface area contributed by atoms with Crippen molar-refractivity contribution in [3.8, 4) is 11.5 Å². The van der Waals surface area contributed by atoms with E-state index in [1.807, 2.05) is 36.9 Å². The first-order chi connectivity index (χ1) is 12.5. The van der Waals surface area contributed by atoms with Gasteiger partial charge in [0.05, 0.1) is 18.1 Å². The van der Waals surface area contributed by atoms with Gasteiger partial charge in [-0.3, -0.25) is 9.59 Å². The third kappa shape index (κ3) is 3.35. The van der Waals surface area contributed by atoms with Crippen molar-refractivity contribution in [1.29, 1.82) is 0 Å². The molecular weight excluding hydrogens is 336 g/mol. The highest BCUT2D eigenvalue weighted by Crippen LogP contribution is 2.33. The molecule has 2 saturated heterocycles. The Balaban J connectivity index is 1.39. The predicted molar refractivity (Wildman–Crippen MR) is 92.7 cm³/mol. The summed E-state index contributed by atoms with van der Waals surface area (Å²) in [4.78, 5) is 28.9. The van der Waals surface area contributed by atoms with E-state index >= 15 is 0 Å². The first kappa shape index (κ1) is 17.1. The molecule has 3 heterocycles. The maximum Gasteiger partial charge on any atom is 0.231 e. The van der Waals surface area contributed by atoms with Crippen molar-refractivity contribution in [2.45, 2.75) is 39.0 Å². The molecule has 3 unspecified atom stereocenters. The minimum absolute atomic E-state index is 0.0235. The number of carbonyl (C=O) groups is 2. The van der Waals surface area contributed by atoms with Gasteiger partial charge in [0.1, 0.15) is 0 Å². The molecule has 4 rings (SSSR count). The summed E-state index contributed by atoms with van der Waals surface area (Å²) in [5, 5.41) is 0. The molecule has 26 heavy (non-hydrogen) atoms. The van der Waals surface area contributed by atoms with Gasteiger partial charge in [-0.05, 0) is 31.5 Å². The number of rotatable bonds is 3. The molecule has 0 saturated carbocycles. The number of hydrogen-bond donors (Lipinski definition) is 0. The highest BCUT2D eigenvalue weighted by Gasteiger charge is 2.38. The van der Waals surface area contributed by atoms with Crippen LogP contribution in [0.1, 0.15) is 25.8 Å². The minimum Gasteiger partial charge on any atom is -0.454 e. The molecule has 1 aromatic rings. The first-order valence-corrected chi connectivity index (χ1v) is 9.10. The Labute approximate surface area is 152 Å². The molecule has 2 amide bonds. The third-order valence-corrected chi connectivity index (χ3v) is 5.11. The van der Waals surface area contributed by atoms with Crippen LogP contribution in [-0.4, -0.2) is 60.2 Å². The lowest BCUT2D eigenvalue weighted by molar-refractivity contribution is -0.147. The first-order valence-electron chi connectivity index (χ1n) is 9.10. The van der Waals surface area contributed by atoms with E-state index in [-0.39, 0.29) is 43.2 Å². The lowest BCUT2D eigenvalue weighted by Crippen LogP contribution is -2.50. The summed E-state index contributed by atoms with van der Waals surface area (Å²) in [5.74, 6) is 1.25. The molecule has 140 valence electrons. The zero-order chi connectivity index (χ0) is 18.3. The SMILES string of the molecule is CC1CN(C(=O)C2CC(=O)N(Cc3ccc4c(c3)OCO4)C2)CC(C)O1. The number of carbonyl (C=O) groups excluding carboxylic acids is 2. The van der Waals surface area contributed by atoms with Gasteiger partial charge < -0.3 is 24.0 Å². The number of morpholine rings is 1. The van der Waals surface area contributed by atoms with E-state index in [2.05, 4.69) is 0 Å². The monoisotopic (exact) mass is 360 g/mol. The van der Waals surface area contributed by atoms with Crippen molar-refractivity contribution >= 4 is 11.8 Å². The van der Waals surface area contributed by atoms with Crippen molar-refractivity contribution in [3.05, 3.63) is 23.8 Å². The Bertz CT molecular complexity index is 712. The molecule has 2 fully saturated rings. The summed E-state index contributed by atoms with van der Waals surface area (Å²) < 4.78 is 16.4. The van der Waals surface area contributed by atoms with Crippen LogP contribution >= 0.6 is 0 Å². The van der Waals surface area contributed by atoms with Crippen molar-refractivity contribution < 1.29 is 23.8 Å². The molecule has 1 aromatic carbocycles. The lowest BCUT2D eigenvalue weighted by atomic mass is 10.1. The van der Waals surface area contributed by atoms with E-state index in [0.29, 0.717) is 31.9 Å². The molecule has 0 radical (unpaired) electrons. The van der Waals surface area contributed by atoms with Gasteiger partial charge in [-0.15, -0.1) is 0 Å². The summed E-state index contributed by atoms with van der Waals surface area (Å²) >= 11 is 0. The van der Waals surface area contributed by atoms with Crippen molar-refractivity contribution in [2.75, 3.05) is 26.4 Å². The van der Waals surface area contributed by atoms with Gasteiger partial charge in [-0.2, -0.15) is 0 Å². The van der Waals surface area contributed by atoms with Crippen molar-refractivity contribution in [2.24, 2.45) is 5.92 Å². The zero-order valence-corrected chi connectivity index (χ0v) is 15.1. The average molecular weight is 360 g/mol. The number of benzene rings is 1. The van der Waals surface area contributed by atoms with Crippen LogP contribution < -0.4 is 9.47 Å². The van der Waals surface area contributed by atoms with Gasteiger partial charge in [-0.1, -0.05) is 6.07 Å². The van der Waals surface area contributed by atoms with Crippen LogP contribution in [0.15, 0.2) is 18.2 Å². The maximum absolute atomic E-state index is 12.8. The fourth-order valence-corrected chi connectivity index (χ4v) is 3.97. The summed E-state index contributed by atoms with van der Waals surface area (Å²) in [6.07, 6.45) is 0.345. The van der Waals surface area contributed by atoms with E-state index in [0.717, 1.165) is 11.3 Å². The maximum atomic E-state index is 12.8. The van der Waals surface area contributed by atoms with E-state index in [1.54, 1.807) is 4.90 Å². The van der Waals surface area contributed by atoms with Crippen LogP contribution in [0.3, 0.4) is 0 Å². The zero-order valence-electron chi connectivity index (χ0n) is 15.1. The predicted octanol–water partition coefficient (Wildman–Crippen LogP) is 1.40. The van der Waals surface area contributed by atoms with Gasteiger partial charge in [-0.25, -0.2) is 0 Å². The van der Waals surface area contributed by atoms with Crippen molar-refractivity contribution in [3.63, 3.8) is 0 Å². The second kappa shape index (κ2) is 6.79. The number of amides is 2. The highest BCUT2D eigenvalue weighted by atomic mass is 16.7. The van der Waals surface area contributed by atoms with E-state index < -0.39 is 0 Å². The second-order valence-corrected chi connectivity index (χ2v) is 7.36. The standard InChI is InChI=1S/C19H24N2O5/c1-12-7-21(8-13(2)26-12)19(23)15-6-18(22)20(10-15)9-14-3-4-16-17(5-14)25-11-24-16/h3-5,12-13,15H,6-11H2,1-2H3. The van der Waals surface area contributed by atoms with Crippen LogP contribution in [0.4, 0.5) is 0 Å². The normalized spacial score (nSPS) is 27.9. The van der Waals surface area contributed by atoms with Gasteiger partial charge in [0, 0.05) is 32.6 Å². The van der Waals surface area contributed by atoms with Gasteiger partial charge >= 0.3 is 0 Å². The topological polar surface area (TPSA) is 68.3 Å². The van der Waals surface area contributed by atoms with Crippen LogP contribution in [0, 0.1) is 5.92 Å². The summed E-state index contributed by atoms with van der Waals surface area (Å²) in [6, 6.07) is 5.69. The van der Waals surface area contributed by atoms with E-state index in [1.165, 1.54) is 0 Å². The largest absolute Gasteiger partial charge is 0.454 e. The quantitative estimate of drug-likeness (QED) is 0.815. The minimum atomic E-state index is -0.269. The Hall–Kier alpha value is -2.28. The number of likely N-dealkylation sites (tertiary alicyclic amines) is 1. The molecule has 3 aliphatic heterocycles. The van der Waals surface area contributed by atoms with Crippen molar-refractivity contribution in [1.82, 2.24) is 9.80 Å². The molecule has 7 nitrogen and oxygen atoms in total. The Morgan fingerprint density at radius 3 is 2.62 bits per heavy atom. The highest BCUT2D eigenvalue weighted by molar-refractivity contribution is 5.89. The molecular formula is C19H24N2O5. The molecule has 7 heteroatoms. The fraction of sp³-hybridized carbons (Fsp3) is 0.579. The lowest BCUT2D eigenvalue weighted by Gasteiger charge is -2.36. The van der Waals surface area contributed by atoms with E-state index in [9.17, 15) is 9.59 Å². The third-order valence-electron chi connectivity index (χ3n) is 5.11. The van der Waals surface area contributed by atoms with Crippen LogP contribution in [-0.2, 0) is 20.9 Å². The Kier molecular flexibility index (Phi) is 4.48. The van der Waals surface area contributed by atoms with Gasteiger partial charge in [0.15, 0.2) is 11.5 Å². The number of ether oxygens (including phenoxy) is 3. The summed E-state index contributed by atoms with van der Waals surface area (Å²) in [5.41, 5.74) is 0.976. The average Bonchev–Trinajstić information content (AvgIpc) is 3.20. The van der Waals surface area contributed by atoms with Gasteiger partial charge in [0.25, 0.3) is 0 Å². The molecule has 0 aliphatic carbocycles. The number of hydrogen-bond acceptors (Lipinski definition) is 5. The fourth-order valence-electron chi connectivity index (χ4n) is 3.97. The Morgan fingerprint density at radius 1 is 1.12 bits per heavy atom. The van der Waals surface area contributed by atoms with Gasteiger partial charge in [0.2, 0.25) is 18.6 Å². The van der Waals surface area contributed by atoms with Crippen LogP contribution in [0.5, 0.6) is 11.5 Å². The molecule has 3 atom stereocenters. The molecule has 0 bridgehead atoms. The second-order valence-electron chi connectivity index (χ2n) is 7.36. The summed E-state index contributed by atoms with van der Waals surface area (Å²) in [6.45, 7) is 6.31. The summed E-state index contributed by atoms with van der Waals surface area (Å²) in [7, 11) is 0. The van der Waals surface area contributed by atoms with E-state index in [4.69, 9.17) is 14.2 Å². The molecule has 0 aromatic heterocycles. The Morgan fingerprint density at radius 2 is 1.85 bits per heavy atom. The molecule has 3 aliphatic rings.